The Morgan fingerprint density at radius 2 is 2.31 bits per heavy atom. The van der Waals surface area contributed by atoms with Gasteiger partial charge in [0.15, 0.2) is 0 Å². The zero-order valence-electron chi connectivity index (χ0n) is 9.60. The third-order valence-corrected chi connectivity index (χ3v) is 2.75. The Bertz CT molecular complexity index is 333. The van der Waals surface area contributed by atoms with E-state index in [9.17, 15) is 5.21 Å². The number of rotatable bonds is 5. The van der Waals surface area contributed by atoms with E-state index in [-0.39, 0.29) is 6.04 Å². The van der Waals surface area contributed by atoms with Crippen LogP contribution in [-0.4, -0.2) is 17.6 Å². The van der Waals surface area contributed by atoms with Crippen molar-refractivity contribution in [2.75, 3.05) is 11.6 Å². The Hall–Kier alpha value is -1.13. The molecule has 1 atom stereocenters. The lowest BCUT2D eigenvalue weighted by molar-refractivity contribution is 0.721. The van der Waals surface area contributed by atoms with Crippen molar-refractivity contribution >= 4 is 5.69 Å². The maximum Gasteiger partial charge on any atom is 0.0497 e. The summed E-state index contributed by atoms with van der Waals surface area (Å²) in [5.74, 6) is 0.598. The Labute approximate surface area is 96.0 Å². The van der Waals surface area contributed by atoms with Gasteiger partial charge in [0.2, 0.25) is 0 Å². The Balaban J connectivity index is 1.94. The number of hydroxylamine groups is 1. The van der Waals surface area contributed by atoms with E-state index < -0.39 is 0 Å². The zero-order chi connectivity index (χ0) is 11.5. The topological polar surface area (TPSA) is 65.2 Å². The zero-order valence-corrected chi connectivity index (χ0v) is 9.60. The van der Waals surface area contributed by atoms with E-state index >= 15 is 0 Å². The summed E-state index contributed by atoms with van der Waals surface area (Å²) < 4.78 is 0. The first-order valence-electron chi connectivity index (χ1n) is 5.80. The SMILES string of the molecule is CC(N)Cc1ccc(N([O-])CC2CC2)cn1. The molecular formula is C12H18N3O-. The molecule has 0 bridgehead atoms. The highest BCUT2D eigenvalue weighted by molar-refractivity contribution is 5.45. The third-order valence-electron chi connectivity index (χ3n) is 2.75. The van der Waals surface area contributed by atoms with Crippen LogP contribution in [0.4, 0.5) is 5.69 Å². The predicted molar refractivity (Wildman–Crippen MR) is 65.0 cm³/mol. The van der Waals surface area contributed by atoms with Gasteiger partial charge in [-0.15, -0.1) is 0 Å². The van der Waals surface area contributed by atoms with Gasteiger partial charge >= 0.3 is 0 Å². The number of pyridine rings is 1. The minimum atomic E-state index is 0.105. The molecular weight excluding hydrogens is 202 g/mol. The Kier molecular flexibility index (Phi) is 3.41. The van der Waals surface area contributed by atoms with Crippen molar-refractivity contribution in [1.29, 1.82) is 0 Å². The molecule has 4 heteroatoms. The van der Waals surface area contributed by atoms with Gasteiger partial charge < -0.3 is 16.0 Å². The van der Waals surface area contributed by atoms with Crippen LogP contribution in [0.2, 0.25) is 0 Å². The largest absolute Gasteiger partial charge is 0.758 e. The van der Waals surface area contributed by atoms with E-state index in [4.69, 9.17) is 5.73 Å². The summed E-state index contributed by atoms with van der Waals surface area (Å²) in [7, 11) is 0. The average Bonchev–Trinajstić information content (AvgIpc) is 3.01. The van der Waals surface area contributed by atoms with Crippen molar-refractivity contribution in [2.45, 2.75) is 32.2 Å². The van der Waals surface area contributed by atoms with Crippen LogP contribution in [0, 0.1) is 11.1 Å². The van der Waals surface area contributed by atoms with Crippen LogP contribution < -0.4 is 10.8 Å². The lowest BCUT2D eigenvalue weighted by atomic mass is 10.2. The first-order valence-corrected chi connectivity index (χ1v) is 5.80. The second kappa shape index (κ2) is 4.80. The first kappa shape index (κ1) is 11.4. The molecule has 1 fully saturated rings. The molecule has 0 saturated heterocycles. The van der Waals surface area contributed by atoms with Crippen LogP contribution in [-0.2, 0) is 6.42 Å². The van der Waals surface area contributed by atoms with Gasteiger partial charge in [0.1, 0.15) is 0 Å². The van der Waals surface area contributed by atoms with E-state index in [0.29, 0.717) is 18.2 Å². The van der Waals surface area contributed by atoms with Crippen LogP contribution >= 0.6 is 0 Å². The summed E-state index contributed by atoms with van der Waals surface area (Å²) in [6.07, 6.45) is 4.78. The van der Waals surface area contributed by atoms with E-state index in [2.05, 4.69) is 4.98 Å². The normalized spacial score (nSPS) is 17.2. The predicted octanol–water partition coefficient (Wildman–Crippen LogP) is 1.69. The highest BCUT2D eigenvalue weighted by atomic mass is 16.5. The van der Waals surface area contributed by atoms with Gasteiger partial charge in [-0.3, -0.25) is 4.98 Å². The standard InChI is InChI=1S/C12H18N3O/c1-9(13)6-11-4-5-12(7-14-11)15(16)8-10-2-3-10/h4-5,7,9-10H,2-3,6,8,13H2,1H3/q-1. The lowest BCUT2D eigenvalue weighted by Crippen LogP contribution is -2.20. The molecule has 16 heavy (non-hydrogen) atoms. The molecule has 2 rings (SSSR count). The summed E-state index contributed by atoms with van der Waals surface area (Å²) in [5.41, 5.74) is 7.28. The van der Waals surface area contributed by atoms with Gasteiger partial charge in [-0.05, 0) is 37.8 Å². The van der Waals surface area contributed by atoms with E-state index in [1.807, 2.05) is 19.1 Å². The molecule has 1 aromatic heterocycles. The van der Waals surface area contributed by atoms with Gasteiger partial charge in [-0.25, -0.2) is 0 Å². The summed E-state index contributed by atoms with van der Waals surface area (Å²) in [6, 6.07) is 3.82. The van der Waals surface area contributed by atoms with Crippen LogP contribution in [0.1, 0.15) is 25.5 Å². The van der Waals surface area contributed by atoms with Crippen molar-refractivity contribution in [2.24, 2.45) is 11.7 Å². The van der Waals surface area contributed by atoms with Crippen molar-refractivity contribution in [1.82, 2.24) is 4.98 Å². The van der Waals surface area contributed by atoms with E-state index in [1.165, 1.54) is 12.8 Å². The van der Waals surface area contributed by atoms with Gasteiger partial charge in [0.25, 0.3) is 0 Å². The molecule has 4 nitrogen and oxygen atoms in total. The molecule has 1 aromatic rings. The van der Waals surface area contributed by atoms with Gasteiger partial charge in [0, 0.05) is 36.6 Å². The van der Waals surface area contributed by atoms with Crippen LogP contribution in [0.5, 0.6) is 0 Å². The Morgan fingerprint density at radius 3 is 2.81 bits per heavy atom. The maximum atomic E-state index is 11.7. The fourth-order valence-electron chi connectivity index (χ4n) is 1.66. The summed E-state index contributed by atoms with van der Waals surface area (Å²) in [4.78, 5) is 4.25. The molecule has 1 saturated carbocycles. The molecule has 1 heterocycles. The molecule has 0 aromatic carbocycles. The van der Waals surface area contributed by atoms with Crippen LogP contribution in [0.25, 0.3) is 0 Å². The molecule has 2 N–H and O–H groups in total. The highest BCUT2D eigenvalue weighted by Crippen LogP contribution is 2.30. The fraction of sp³-hybridized carbons (Fsp3) is 0.583. The lowest BCUT2D eigenvalue weighted by Gasteiger charge is -2.30. The van der Waals surface area contributed by atoms with Gasteiger partial charge in [-0.2, -0.15) is 0 Å². The smallest absolute Gasteiger partial charge is 0.0497 e. The highest BCUT2D eigenvalue weighted by Gasteiger charge is 2.21. The van der Waals surface area contributed by atoms with Crippen LogP contribution in [0.15, 0.2) is 18.3 Å². The third kappa shape index (κ3) is 3.18. The number of anilines is 1. The molecule has 88 valence electrons. The minimum Gasteiger partial charge on any atom is -0.758 e. The maximum absolute atomic E-state index is 11.7. The molecule has 0 amide bonds. The molecule has 1 aliphatic rings. The summed E-state index contributed by atoms with van der Waals surface area (Å²) in [6.45, 7) is 2.55. The minimum absolute atomic E-state index is 0.105. The van der Waals surface area contributed by atoms with Crippen molar-refractivity contribution in [3.63, 3.8) is 0 Å². The fourth-order valence-corrected chi connectivity index (χ4v) is 1.66. The summed E-state index contributed by atoms with van der Waals surface area (Å²) >= 11 is 0. The second-order valence-corrected chi connectivity index (χ2v) is 4.69. The number of hydrogen-bond donors (Lipinski definition) is 1. The monoisotopic (exact) mass is 220 g/mol. The van der Waals surface area contributed by atoms with Gasteiger partial charge in [-0.1, -0.05) is 0 Å². The van der Waals surface area contributed by atoms with Crippen LogP contribution in [0.3, 0.4) is 0 Å². The molecule has 0 radical (unpaired) electrons. The number of hydrogen-bond acceptors (Lipinski definition) is 4. The molecule has 0 aliphatic heterocycles. The van der Waals surface area contributed by atoms with Crippen molar-refractivity contribution < 1.29 is 0 Å². The first-order chi connectivity index (χ1) is 7.65. The Morgan fingerprint density at radius 1 is 1.56 bits per heavy atom. The quantitative estimate of drug-likeness (QED) is 0.767. The second-order valence-electron chi connectivity index (χ2n) is 4.69. The molecule has 0 spiro atoms. The molecule has 1 unspecified atom stereocenters. The van der Waals surface area contributed by atoms with Crippen molar-refractivity contribution in [3.05, 3.63) is 29.2 Å². The van der Waals surface area contributed by atoms with Crippen molar-refractivity contribution in [3.8, 4) is 0 Å². The van der Waals surface area contributed by atoms with Gasteiger partial charge in [0.05, 0.1) is 0 Å². The average molecular weight is 220 g/mol. The summed E-state index contributed by atoms with van der Waals surface area (Å²) in [5, 5.41) is 12.7. The van der Waals surface area contributed by atoms with E-state index in [1.54, 1.807) is 6.20 Å². The molecule has 1 aliphatic carbocycles. The number of nitrogens with two attached hydrogens (primary N) is 1. The van der Waals surface area contributed by atoms with E-state index in [0.717, 1.165) is 17.2 Å². The number of nitrogens with zero attached hydrogens (tertiary/aromatic N) is 2. The number of aromatic nitrogens is 1.